The smallest absolute Gasteiger partial charge is 0.0871 e. The van der Waals surface area contributed by atoms with Gasteiger partial charge in [0, 0.05) is 17.6 Å². The van der Waals surface area contributed by atoms with E-state index >= 15 is 0 Å². The molecule has 0 atom stereocenters. The Morgan fingerprint density at radius 2 is 1.93 bits per heavy atom. The Morgan fingerprint density at radius 3 is 2.53 bits per heavy atom. The number of aromatic nitrogens is 3. The van der Waals surface area contributed by atoms with Gasteiger partial charge in [-0.05, 0) is 26.8 Å². The zero-order chi connectivity index (χ0) is 11.4. The molecule has 0 spiro atoms. The van der Waals surface area contributed by atoms with E-state index in [1.807, 2.05) is 43.9 Å². The van der Waals surface area contributed by atoms with Crippen molar-refractivity contribution in [2.24, 2.45) is 0 Å². The molecular formula is C12H19N3. The Hall–Kier alpha value is -1.38. The van der Waals surface area contributed by atoms with Crippen LogP contribution >= 0.6 is 0 Å². The van der Waals surface area contributed by atoms with Crippen LogP contribution in [-0.4, -0.2) is 14.8 Å². The first-order valence-electron chi connectivity index (χ1n) is 5.49. The predicted octanol–water partition coefficient (Wildman–Crippen LogP) is 3.35. The van der Waals surface area contributed by atoms with E-state index in [0.29, 0.717) is 6.04 Å². The molecule has 2 rings (SSSR count). The predicted molar refractivity (Wildman–Crippen MR) is 64.0 cm³/mol. The third-order valence-corrected chi connectivity index (χ3v) is 2.18. The van der Waals surface area contributed by atoms with Gasteiger partial charge < -0.3 is 0 Å². The highest BCUT2D eigenvalue weighted by Crippen LogP contribution is 2.19. The summed E-state index contributed by atoms with van der Waals surface area (Å²) in [6.45, 7) is 10.3. The first kappa shape index (κ1) is 11.7. The minimum atomic E-state index is 0.389. The van der Waals surface area contributed by atoms with Crippen LogP contribution in [0.2, 0.25) is 0 Å². The Labute approximate surface area is 91.1 Å². The molecule has 0 unspecified atom stereocenters. The minimum absolute atomic E-state index is 0.389. The summed E-state index contributed by atoms with van der Waals surface area (Å²) < 4.78 is 2.01. The van der Waals surface area contributed by atoms with Crippen LogP contribution < -0.4 is 0 Å². The number of hydrogen-bond acceptors (Lipinski definition) is 2. The summed E-state index contributed by atoms with van der Waals surface area (Å²) in [6.07, 6.45) is 3.68. The molecule has 2 heterocycles. The summed E-state index contributed by atoms with van der Waals surface area (Å²) in [5, 5.41) is 5.66. The van der Waals surface area contributed by atoms with E-state index in [2.05, 4.69) is 23.9 Å². The van der Waals surface area contributed by atoms with Crippen molar-refractivity contribution >= 4 is 10.9 Å². The maximum atomic E-state index is 4.47. The second-order valence-electron chi connectivity index (χ2n) is 3.52. The van der Waals surface area contributed by atoms with Crippen molar-refractivity contribution in [3.8, 4) is 0 Å². The molecule has 0 aliphatic carbocycles. The van der Waals surface area contributed by atoms with Crippen LogP contribution in [0.1, 0.15) is 39.4 Å². The second kappa shape index (κ2) is 4.91. The first-order chi connectivity index (χ1) is 7.20. The zero-order valence-electron chi connectivity index (χ0n) is 10.2. The standard InChI is InChI=1S/C10H13N3.C2H6/c1-7(2)13-10-6-11-5-4-9(10)8(3)12-13;1-2/h4-7H,1-3H3;1-2H3. The van der Waals surface area contributed by atoms with Gasteiger partial charge in [0.25, 0.3) is 0 Å². The van der Waals surface area contributed by atoms with Crippen molar-refractivity contribution in [2.75, 3.05) is 0 Å². The van der Waals surface area contributed by atoms with Crippen LogP contribution in [-0.2, 0) is 0 Å². The van der Waals surface area contributed by atoms with Gasteiger partial charge in [-0.3, -0.25) is 9.67 Å². The average molecular weight is 205 g/mol. The fraction of sp³-hybridized carbons (Fsp3) is 0.500. The van der Waals surface area contributed by atoms with Gasteiger partial charge in [-0.25, -0.2) is 0 Å². The lowest BCUT2D eigenvalue weighted by molar-refractivity contribution is 0.546. The largest absolute Gasteiger partial charge is 0.262 e. The van der Waals surface area contributed by atoms with E-state index < -0.39 is 0 Å². The molecule has 3 nitrogen and oxygen atoms in total. The third kappa shape index (κ3) is 2.17. The van der Waals surface area contributed by atoms with Crippen LogP contribution in [0.25, 0.3) is 10.9 Å². The molecule has 0 saturated carbocycles. The lowest BCUT2D eigenvalue weighted by Gasteiger charge is -2.05. The van der Waals surface area contributed by atoms with Crippen LogP contribution in [0.5, 0.6) is 0 Å². The number of pyridine rings is 1. The van der Waals surface area contributed by atoms with Crippen LogP contribution in [0.4, 0.5) is 0 Å². The van der Waals surface area contributed by atoms with E-state index in [1.165, 1.54) is 5.39 Å². The summed E-state index contributed by atoms with van der Waals surface area (Å²) in [5.41, 5.74) is 2.20. The summed E-state index contributed by atoms with van der Waals surface area (Å²) in [6, 6.07) is 2.40. The van der Waals surface area contributed by atoms with E-state index in [-0.39, 0.29) is 0 Å². The van der Waals surface area contributed by atoms with Gasteiger partial charge in [0.15, 0.2) is 0 Å². The Kier molecular flexibility index (Phi) is 3.83. The number of fused-ring (bicyclic) bond motifs is 1. The van der Waals surface area contributed by atoms with Crippen molar-refractivity contribution in [2.45, 2.75) is 40.7 Å². The topological polar surface area (TPSA) is 30.7 Å². The molecule has 0 aromatic carbocycles. The first-order valence-corrected chi connectivity index (χ1v) is 5.49. The van der Waals surface area contributed by atoms with Gasteiger partial charge in [0.2, 0.25) is 0 Å². The summed E-state index contributed by atoms with van der Waals surface area (Å²) in [4.78, 5) is 4.11. The average Bonchev–Trinajstić information content (AvgIpc) is 2.60. The lowest BCUT2D eigenvalue weighted by atomic mass is 10.2. The molecule has 0 aliphatic heterocycles. The third-order valence-electron chi connectivity index (χ3n) is 2.18. The second-order valence-corrected chi connectivity index (χ2v) is 3.52. The number of aryl methyl sites for hydroxylation is 1. The maximum Gasteiger partial charge on any atom is 0.0871 e. The van der Waals surface area contributed by atoms with Crippen molar-refractivity contribution in [1.29, 1.82) is 0 Å². The number of hydrogen-bond donors (Lipinski definition) is 0. The van der Waals surface area contributed by atoms with Gasteiger partial charge in [-0.1, -0.05) is 13.8 Å². The Morgan fingerprint density at radius 1 is 1.27 bits per heavy atom. The molecule has 0 radical (unpaired) electrons. The van der Waals surface area contributed by atoms with Gasteiger partial charge >= 0.3 is 0 Å². The number of rotatable bonds is 1. The van der Waals surface area contributed by atoms with E-state index in [0.717, 1.165) is 11.2 Å². The summed E-state index contributed by atoms with van der Waals surface area (Å²) in [5.74, 6) is 0. The molecule has 0 fully saturated rings. The van der Waals surface area contributed by atoms with Crippen LogP contribution in [0.3, 0.4) is 0 Å². The highest BCUT2D eigenvalue weighted by atomic mass is 15.3. The van der Waals surface area contributed by atoms with E-state index in [1.54, 1.807) is 0 Å². The quantitative estimate of drug-likeness (QED) is 0.714. The van der Waals surface area contributed by atoms with Crippen molar-refractivity contribution in [3.63, 3.8) is 0 Å². The van der Waals surface area contributed by atoms with Crippen molar-refractivity contribution < 1.29 is 0 Å². The van der Waals surface area contributed by atoms with Gasteiger partial charge in [-0.15, -0.1) is 0 Å². The summed E-state index contributed by atoms with van der Waals surface area (Å²) in [7, 11) is 0. The minimum Gasteiger partial charge on any atom is -0.262 e. The number of nitrogens with zero attached hydrogens (tertiary/aromatic N) is 3. The summed E-state index contributed by atoms with van der Waals surface area (Å²) >= 11 is 0. The molecule has 3 heteroatoms. The Bertz CT molecular complexity index is 429. The molecule has 2 aromatic heterocycles. The molecule has 0 N–H and O–H groups in total. The van der Waals surface area contributed by atoms with Gasteiger partial charge in [0.1, 0.15) is 0 Å². The molecule has 2 aromatic rings. The van der Waals surface area contributed by atoms with Gasteiger partial charge in [-0.2, -0.15) is 5.10 Å². The lowest BCUT2D eigenvalue weighted by Crippen LogP contribution is -2.02. The Balaban J connectivity index is 0.000000531. The molecule has 0 aliphatic rings. The normalized spacial score (nSPS) is 10.3. The van der Waals surface area contributed by atoms with Crippen LogP contribution in [0.15, 0.2) is 18.5 Å². The molecule has 0 saturated heterocycles. The van der Waals surface area contributed by atoms with E-state index in [9.17, 15) is 0 Å². The molecule has 0 amide bonds. The van der Waals surface area contributed by atoms with Crippen molar-refractivity contribution in [3.05, 3.63) is 24.2 Å². The molecule has 0 bridgehead atoms. The van der Waals surface area contributed by atoms with Gasteiger partial charge in [0.05, 0.1) is 17.4 Å². The SMILES string of the molecule is CC.Cc1nn(C(C)C)c2cnccc12. The molecular weight excluding hydrogens is 186 g/mol. The molecule has 82 valence electrons. The zero-order valence-corrected chi connectivity index (χ0v) is 10.2. The fourth-order valence-corrected chi connectivity index (χ4v) is 1.54. The molecule has 15 heavy (non-hydrogen) atoms. The maximum absolute atomic E-state index is 4.47. The highest BCUT2D eigenvalue weighted by Gasteiger charge is 2.08. The fourth-order valence-electron chi connectivity index (χ4n) is 1.54. The van der Waals surface area contributed by atoms with Crippen molar-refractivity contribution in [1.82, 2.24) is 14.8 Å². The monoisotopic (exact) mass is 205 g/mol. The van der Waals surface area contributed by atoms with E-state index in [4.69, 9.17) is 0 Å². The van der Waals surface area contributed by atoms with Crippen LogP contribution in [0, 0.1) is 6.92 Å². The highest BCUT2D eigenvalue weighted by molar-refractivity contribution is 5.80.